The van der Waals surface area contributed by atoms with Gasteiger partial charge in [0.05, 0.1) is 5.56 Å². The number of amides is 2. The number of hydrogen-bond donors (Lipinski definition) is 4. The normalized spacial score (nSPS) is 11.6. The van der Waals surface area contributed by atoms with Crippen LogP contribution in [0.3, 0.4) is 0 Å². The summed E-state index contributed by atoms with van der Waals surface area (Å²) in [5, 5.41) is 28.2. The number of carbonyl (C=O) groups excluding carboxylic acids is 3. The monoisotopic (exact) mass is 624 g/mol. The topological polar surface area (TPSA) is 196 Å². The number of aromatic hydroxyl groups is 1. The van der Waals surface area contributed by atoms with Crippen molar-refractivity contribution in [2.24, 2.45) is 0 Å². The van der Waals surface area contributed by atoms with Crippen LogP contribution in [0.15, 0.2) is 60.8 Å². The number of pyridine rings is 1. The molecule has 6 N–H and O–H groups in total. The highest BCUT2D eigenvalue weighted by Gasteiger charge is 2.26. The van der Waals surface area contributed by atoms with Gasteiger partial charge in [0.2, 0.25) is 10.3 Å². The van der Waals surface area contributed by atoms with Gasteiger partial charge in [-0.15, -0.1) is 10.2 Å². The van der Waals surface area contributed by atoms with Crippen molar-refractivity contribution in [3.63, 3.8) is 0 Å². The molecular weight excluding hydrogens is 588 g/mol. The fraction of sp³-hybridized carbons (Fsp3) is 0.333. The molecule has 2 heterocycles. The fourth-order valence-electron chi connectivity index (χ4n) is 4.02. The van der Waals surface area contributed by atoms with Gasteiger partial charge in [-0.05, 0) is 57.7 Å². The Morgan fingerprint density at radius 1 is 0.977 bits per heavy atom. The Balaban J connectivity index is 0.00000529. The van der Waals surface area contributed by atoms with Gasteiger partial charge in [0.15, 0.2) is 5.75 Å². The maximum Gasteiger partial charge on any atom is 0.407 e. The van der Waals surface area contributed by atoms with E-state index in [-0.39, 0.29) is 28.5 Å². The van der Waals surface area contributed by atoms with Crippen molar-refractivity contribution >= 4 is 50.5 Å². The summed E-state index contributed by atoms with van der Waals surface area (Å²) in [5.41, 5.74) is 0.555. The van der Waals surface area contributed by atoms with Crippen LogP contribution in [0.4, 0.5) is 15.1 Å². The Morgan fingerprint density at radius 2 is 1.73 bits per heavy atom. The minimum atomic E-state index is -0.739. The second kappa shape index (κ2) is 15.6. The van der Waals surface area contributed by atoms with Crippen molar-refractivity contribution < 1.29 is 34.4 Å². The first kappa shape index (κ1) is 33.7. The number of phenolic OH excluding ortho intramolecular Hbond substituents is 1. The second-order valence-corrected chi connectivity index (χ2v) is 11.6. The number of carbonyl (C=O) groups is 3. The lowest BCUT2D eigenvalue weighted by atomic mass is 10.1. The molecule has 0 saturated carbocycles. The van der Waals surface area contributed by atoms with E-state index in [1.807, 2.05) is 30.3 Å². The number of unbranched alkanes of at least 4 members (excludes halogenated alkanes) is 1. The van der Waals surface area contributed by atoms with Gasteiger partial charge in [0.1, 0.15) is 23.8 Å². The van der Waals surface area contributed by atoms with E-state index in [1.165, 1.54) is 12.3 Å². The molecule has 0 aliphatic rings. The fourth-order valence-corrected chi connectivity index (χ4v) is 4.71. The average Bonchev–Trinajstić information content (AvgIpc) is 3.41. The first-order valence-corrected chi connectivity index (χ1v) is 14.6. The number of esters is 1. The Morgan fingerprint density at radius 3 is 2.48 bits per heavy atom. The molecule has 2 aromatic heterocycles. The summed E-state index contributed by atoms with van der Waals surface area (Å²) in [5.74, 6) is -1.27. The molecule has 0 radical (unpaired) electrons. The van der Waals surface area contributed by atoms with E-state index >= 15 is 0 Å². The number of fused-ring (bicyclic) bond motifs is 1. The number of hydrogen-bond acceptors (Lipinski definition) is 11. The van der Waals surface area contributed by atoms with E-state index in [4.69, 9.17) is 9.47 Å². The molecule has 0 aliphatic heterocycles. The lowest BCUT2D eigenvalue weighted by molar-refractivity contribution is -0.156. The molecule has 234 valence electrons. The summed E-state index contributed by atoms with van der Waals surface area (Å²) in [6.45, 7) is 5.90. The number of alkyl carbamates (subject to hydrolysis) is 1. The highest BCUT2D eigenvalue weighted by atomic mass is 32.1. The van der Waals surface area contributed by atoms with Gasteiger partial charge < -0.3 is 30.7 Å². The van der Waals surface area contributed by atoms with Gasteiger partial charge in [0.25, 0.3) is 5.91 Å². The molecular formula is C30H36N6O7S. The number of rotatable bonds is 12. The zero-order valence-corrected chi connectivity index (χ0v) is 25.4. The summed E-state index contributed by atoms with van der Waals surface area (Å²) in [7, 11) is 0. The average molecular weight is 625 g/mol. The van der Waals surface area contributed by atoms with Gasteiger partial charge in [-0.3, -0.25) is 15.1 Å². The van der Waals surface area contributed by atoms with Crippen LogP contribution in [0.25, 0.3) is 10.9 Å². The minimum Gasteiger partial charge on any atom is -0.505 e. The van der Waals surface area contributed by atoms with Crippen molar-refractivity contribution in [3.05, 3.63) is 71.9 Å². The van der Waals surface area contributed by atoms with E-state index in [9.17, 15) is 19.5 Å². The Labute approximate surface area is 258 Å². The van der Waals surface area contributed by atoms with Gasteiger partial charge in [-0.1, -0.05) is 53.8 Å². The van der Waals surface area contributed by atoms with Gasteiger partial charge in [0, 0.05) is 18.1 Å². The smallest absolute Gasteiger partial charge is 0.407 e. The number of phenols is 1. The van der Waals surface area contributed by atoms with Crippen molar-refractivity contribution in [1.29, 1.82) is 0 Å². The summed E-state index contributed by atoms with van der Waals surface area (Å²) in [6.07, 6.45) is 2.61. The summed E-state index contributed by atoms with van der Waals surface area (Å²) < 4.78 is 10.8. The first-order valence-electron chi connectivity index (χ1n) is 13.7. The van der Waals surface area contributed by atoms with Crippen LogP contribution < -0.4 is 16.0 Å². The zero-order chi connectivity index (χ0) is 30.8. The lowest BCUT2D eigenvalue weighted by Gasteiger charge is -2.24. The molecule has 2 aromatic carbocycles. The van der Waals surface area contributed by atoms with Crippen LogP contribution in [-0.2, 0) is 20.9 Å². The number of anilines is 2. The van der Waals surface area contributed by atoms with E-state index in [1.54, 1.807) is 39.0 Å². The summed E-state index contributed by atoms with van der Waals surface area (Å²) in [4.78, 5) is 41.9. The van der Waals surface area contributed by atoms with Gasteiger partial charge in [-0.2, -0.15) is 0 Å². The number of nitrogens with one attached hydrogen (secondary N) is 3. The quantitative estimate of drug-likeness (QED) is 0.129. The largest absolute Gasteiger partial charge is 0.505 e. The Hall–Kier alpha value is -4.82. The van der Waals surface area contributed by atoms with E-state index < -0.39 is 29.6 Å². The maximum atomic E-state index is 12.9. The first-order chi connectivity index (χ1) is 20.6. The van der Waals surface area contributed by atoms with Gasteiger partial charge >= 0.3 is 12.1 Å². The van der Waals surface area contributed by atoms with E-state index in [0.717, 1.165) is 16.9 Å². The molecule has 0 saturated heterocycles. The third kappa shape index (κ3) is 9.88. The van der Waals surface area contributed by atoms with Crippen LogP contribution in [0.1, 0.15) is 56.0 Å². The third-order valence-corrected chi connectivity index (χ3v) is 6.80. The molecule has 4 rings (SSSR count). The third-order valence-electron chi connectivity index (χ3n) is 6.03. The van der Waals surface area contributed by atoms with Crippen LogP contribution >= 0.6 is 11.3 Å². The maximum absolute atomic E-state index is 12.9. The summed E-state index contributed by atoms with van der Waals surface area (Å²) >= 11 is 1.04. The number of aromatic nitrogens is 3. The van der Waals surface area contributed by atoms with Crippen molar-refractivity contribution in [2.45, 2.75) is 58.3 Å². The van der Waals surface area contributed by atoms with Crippen molar-refractivity contribution in [3.8, 4) is 5.75 Å². The molecule has 0 unspecified atom stereocenters. The number of benzene rings is 2. The SMILES string of the molecule is CC(C)(C)OC(=O)[C@H](CCCCNC(=O)OCc1ccccc1)Nc1nnc(NC(=O)c2ccc3cccnc3c2O)s1.O. The highest BCUT2D eigenvalue weighted by molar-refractivity contribution is 7.19. The van der Waals surface area contributed by atoms with Crippen molar-refractivity contribution in [1.82, 2.24) is 20.5 Å². The van der Waals surface area contributed by atoms with Crippen LogP contribution in [0.5, 0.6) is 5.75 Å². The van der Waals surface area contributed by atoms with Crippen molar-refractivity contribution in [2.75, 3.05) is 17.2 Å². The predicted octanol–water partition coefficient (Wildman–Crippen LogP) is 4.44. The molecule has 1 atom stereocenters. The number of ether oxygens (including phenoxy) is 2. The molecule has 0 bridgehead atoms. The molecule has 44 heavy (non-hydrogen) atoms. The standard InChI is InChI=1S/C30H34N6O6S.H2O/c1-30(2,3)42-26(39)22(13-7-8-16-32-29(40)41-18-19-10-5-4-6-11-19)33-27-35-36-28(43-27)34-25(38)21-15-14-20-12-9-17-31-23(20)24(21)37;/h4-6,9-12,14-15,17,22,37H,7-8,13,16,18H2,1-3H3,(H,32,40)(H,33,35)(H,34,36,38);1H2/t22-;/m0./s1. The molecule has 13 nitrogen and oxygen atoms in total. The van der Waals surface area contributed by atoms with Crippen LogP contribution in [0.2, 0.25) is 0 Å². The molecule has 0 aliphatic carbocycles. The number of nitrogens with zero attached hydrogens (tertiary/aromatic N) is 3. The zero-order valence-electron chi connectivity index (χ0n) is 24.6. The Bertz CT molecular complexity index is 1560. The second-order valence-electron chi connectivity index (χ2n) is 10.6. The Kier molecular flexibility index (Phi) is 11.9. The van der Waals surface area contributed by atoms with E-state index in [2.05, 4.69) is 31.1 Å². The molecule has 0 fully saturated rings. The predicted molar refractivity (Wildman–Crippen MR) is 167 cm³/mol. The summed E-state index contributed by atoms with van der Waals surface area (Å²) in [6, 6.07) is 15.4. The van der Waals surface area contributed by atoms with Gasteiger partial charge in [-0.25, -0.2) is 9.59 Å². The molecule has 0 spiro atoms. The van der Waals surface area contributed by atoms with Crippen LogP contribution in [-0.4, -0.2) is 61.9 Å². The van der Waals surface area contributed by atoms with E-state index in [0.29, 0.717) is 41.8 Å². The van der Waals surface area contributed by atoms with Crippen LogP contribution in [0, 0.1) is 0 Å². The molecule has 14 heteroatoms. The lowest BCUT2D eigenvalue weighted by Crippen LogP contribution is -2.36. The minimum absolute atomic E-state index is 0. The molecule has 4 aromatic rings. The highest BCUT2D eigenvalue weighted by Crippen LogP contribution is 2.29. The molecule has 2 amide bonds.